The van der Waals surface area contributed by atoms with Gasteiger partial charge in [0.15, 0.2) is 11.5 Å². The second kappa shape index (κ2) is 8.88. The molecule has 1 fully saturated rings. The van der Waals surface area contributed by atoms with Gasteiger partial charge in [-0.2, -0.15) is 0 Å². The number of aliphatic hydroxyl groups excluding tert-OH is 1. The number of aromatic amines is 1. The molecule has 9 nitrogen and oxygen atoms in total. The second-order valence-corrected chi connectivity index (χ2v) is 8.66. The lowest BCUT2D eigenvalue weighted by Crippen LogP contribution is -2.30. The number of nitrogens with zero attached hydrogens (tertiary/aromatic N) is 3. The number of H-pyrrole nitrogens is 1. The average Bonchev–Trinajstić information content (AvgIpc) is 3.41. The SMILES string of the molecule is COc1cc2nc(N3C(=O)C(=O)/C(=C(/O)c4ccc(Br)cc4)C3c3cccnc3)[nH]c2cc1OC. The molecule has 1 saturated heterocycles. The zero-order valence-electron chi connectivity index (χ0n) is 18.7. The number of carbonyl (C=O) groups excluding carboxylic acids is 2. The molecule has 2 aromatic carbocycles. The predicted molar refractivity (Wildman–Crippen MR) is 132 cm³/mol. The van der Waals surface area contributed by atoms with Gasteiger partial charge in [0.25, 0.3) is 5.78 Å². The summed E-state index contributed by atoms with van der Waals surface area (Å²) in [4.78, 5) is 39.6. The number of rotatable bonds is 5. The van der Waals surface area contributed by atoms with E-state index in [9.17, 15) is 14.7 Å². The number of aromatic nitrogens is 3. The molecule has 3 heterocycles. The second-order valence-electron chi connectivity index (χ2n) is 7.75. The zero-order chi connectivity index (χ0) is 24.7. The highest BCUT2D eigenvalue weighted by Gasteiger charge is 2.48. The maximum absolute atomic E-state index is 13.3. The summed E-state index contributed by atoms with van der Waals surface area (Å²) in [5.41, 5.74) is 1.98. The van der Waals surface area contributed by atoms with E-state index >= 15 is 0 Å². The van der Waals surface area contributed by atoms with Gasteiger partial charge in [-0.1, -0.05) is 34.1 Å². The van der Waals surface area contributed by atoms with Gasteiger partial charge in [0.2, 0.25) is 5.95 Å². The topological polar surface area (TPSA) is 118 Å². The number of nitrogens with one attached hydrogen (secondary N) is 1. The van der Waals surface area contributed by atoms with Gasteiger partial charge >= 0.3 is 5.91 Å². The van der Waals surface area contributed by atoms with Crippen LogP contribution >= 0.6 is 15.9 Å². The van der Waals surface area contributed by atoms with Crippen LogP contribution in [0.15, 0.2) is 71.0 Å². The molecule has 0 radical (unpaired) electrons. The minimum Gasteiger partial charge on any atom is -0.507 e. The van der Waals surface area contributed by atoms with Crippen molar-refractivity contribution < 1.29 is 24.2 Å². The normalized spacial score (nSPS) is 17.2. The summed E-state index contributed by atoms with van der Waals surface area (Å²) in [7, 11) is 3.03. The molecule has 1 aliphatic heterocycles. The Morgan fingerprint density at radius 2 is 1.80 bits per heavy atom. The Morgan fingerprint density at radius 3 is 2.46 bits per heavy atom. The maximum atomic E-state index is 13.3. The molecule has 10 heteroatoms. The maximum Gasteiger partial charge on any atom is 0.302 e. The lowest BCUT2D eigenvalue weighted by atomic mass is 9.96. The highest BCUT2D eigenvalue weighted by molar-refractivity contribution is 9.10. The summed E-state index contributed by atoms with van der Waals surface area (Å²) in [6, 6.07) is 12.7. The molecule has 0 saturated carbocycles. The van der Waals surface area contributed by atoms with Gasteiger partial charge in [-0.05, 0) is 23.8 Å². The first-order valence-electron chi connectivity index (χ1n) is 10.5. The molecule has 2 N–H and O–H groups in total. The molecule has 4 aromatic rings. The molecular formula is C25H19BrN4O5. The first kappa shape index (κ1) is 22.6. The Labute approximate surface area is 208 Å². The van der Waals surface area contributed by atoms with Crippen LogP contribution in [-0.2, 0) is 9.59 Å². The van der Waals surface area contributed by atoms with Crippen LogP contribution < -0.4 is 14.4 Å². The Morgan fingerprint density at radius 1 is 1.09 bits per heavy atom. The number of pyridine rings is 1. The van der Waals surface area contributed by atoms with E-state index in [2.05, 4.69) is 30.9 Å². The highest BCUT2D eigenvalue weighted by atomic mass is 79.9. The van der Waals surface area contributed by atoms with Crippen molar-refractivity contribution in [1.29, 1.82) is 0 Å². The lowest BCUT2D eigenvalue weighted by Gasteiger charge is -2.22. The standard InChI is InChI=1S/C25H19BrN4O5/c1-34-18-10-16-17(11-19(18)35-2)29-25(28-16)30-21(14-4-3-9-27-12-14)20(23(32)24(30)33)22(31)13-5-7-15(26)8-6-13/h3-12,21,31H,1-2H3,(H,28,29)/b22-20+. The lowest BCUT2D eigenvalue weighted by molar-refractivity contribution is -0.132. The number of aliphatic hydroxyl groups is 1. The molecule has 176 valence electrons. The van der Waals surface area contributed by atoms with Gasteiger partial charge in [-0.25, -0.2) is 4.98 Å². The van der Waals surface area contributed by atoms with Crippen molar-refractivity contribution in [3.63, 3.8) is 0 Å². The van der Waals surface area contributed by atoms with Crippen LogP contribution in [0.25, 0.3) is 16.8 Å². The van der Waals surface area contributed by atoms with Gasteiger partial charge in [0, 0.05) is 34.6 Å². The molecule has 35 heavy (non-hydrogen) atoms. The molecule has 1 amide bonds. The minimum atomic E-state index is -0.947. The van der Waals surface area contributed by atoms with E-state index in [1.807, 2.05) is 0 Å². The number of ketones is 1. The van der Waals surface area contributed by atoms with Crippen LogP contribution in [0.2, 0.25) is 0 Å². The van der Waals surface area contributed by atoms with Crippen LogP contribution in [0.1, 0.15) is 17.2 Å². The van der Waals surface area contributed by atoms with E-state index in [4.69, 9.17) is 9.47 Å². The summed E-state index contributed by atoms with van der Waals surface area (Å²) >= 11 is 3.36. The van der Waals surface area contributed by atoms with Crippen LogP contribution in [0.3, 0.4) is 0 Å². The number of hydrogen-bond acceptors (Lipinski definition) is 7. The number of anilines is 1. The number of carbonyl (C=O) groups is 2. The van der Waals surface area contributed by atoms with Crippen LogP contribution in [-0.4, -0.2) is 46.0 Å². The van der Waals surface area contributed by atoms with Gasteiger partial charge < -0.3 is 19.6 Å². The van der Waals surface area contributed by atoms with E-state index < -0.39 is 17.7 Å². The molecule has 0 aliphatic carbocycles. The largest absolute Gasteiger partial charge is 0.507 e. The van der Waals surface area contributed by atoms with Crippen molar-refractivity contribution >= 4 is 50.4 Å². The Hall–Kier alpha value is -4.18. The average molecular weight is 535 g/mol. The number of fused-ring (bicyclic) bond motifs is 1. The summed E-state index contributed by atoms with van der Waals surface area (Å²) < 4.78 is 11.5. The minimum absolute atomic E-state index is 0.0547. The van der Waals surface area contributed by atoms with Crippen molar-refractivity contribution in [3.8, 4) is 11.5 Å². The van der Waals surface area contributed by atoms with Crippen molar-refractivity contribution in [3.05, 3.63) is 82.1 Å². The number of ether oxygens (including phenoxy) is 2. The third-order valence-electron chi connectivity index (χ3n) is 5.77. The van der Waals surface area contributed by atoms with Gasteiger partial charge in [0.05, 0.1) is 36.9 Å². The predicted octanol–water partition coefficient (Wildman–Crippen LogP) is 4.36. The van der Waals surface area contributed by atoms with E-state index in [1.165, 1.54) is 19.1 Å². The van der Waals surface area contributed by atoms with E-state index in [0.29, 0.717) is 33.7 Å². The van der Waals surface area contributed by atoms with Crippen molar-refractivity contribution in [2.45, 2.75) is 6.04 Å². The fourth-order valence-electron chi connectivity index (χ4n) is 4.10. The van der Waals surface area contributed by atoms with E-state index in [0.717, 1.165) is 4.47 Å². The first-order valence-corrected chi connectivity index (χ1v) is 11.3. The monoisotopic (exact) mass is 534 g/mol. The zero-order valence-corrected chi connectivity index (χ0v) is 20.2. The van der Waals surface area contributed by atoms with Crippen LogP contribution in [0.5, 0.6) is 11.5 Å². The number of benzene rings is 2. The molecule has 2 aromatic heterocycles. The summed E-state index contributed by atoms with van der Waals surface area (Å²) in [6.07, 6.45) is 3.14. The molecule has 5 rings (SSSR count). The summed E-state index contributed by atoms with van der Waals surface area (Å²) in [5.74, 6) is -0.839. The highest BCUT2D eigenvalue weighted by Crippen LogP contribution is 2.42. The number of amides is 1. The Kier molecular flexibility index (Phi) is 5.73. The van der Waals surface area contributed by atoms with Crippen LogP contribution in [0, 0.1) is 0 Å². The molecule has 0 bridgehead atoms. The fourth-order valence-corrected chi connectivity index (χ4v) is 4.37. The molecule has 1 aliphatic rings. The molecule has 0 spiro atoms. The van der Waals surface area contributed by atoms with Crippen LogP contribution in [0.4, 0.5) is 5.95 Å². The molecule has 1 atom stereocenters. The number of hydrogen-bond donors (Lipinski definition) is 2. The number of imidazole rings is 1. The smallest absolute Gasteiger partial charge is 0.302 e. The fraction of sp³-hybridized carbons (Fsp3) is 0.120. The van der Waals surface area contributed by atoms with Crippen molar-refractivity contribution in [2.24, 2.45) is 0 Å². The molecular weight excluding hydrogens is 516 g/mol. The molecule has 1 unspecified atom stereocenters. The number of halogens is 1. The summed E-state index contributed by atoms with van der Waals surface area (Å²) in [6.45, 7) is 0. The van der Waals surface area contributed by atoms with Gasteiger partial charge in [-0.3, -0.25) is 19.5 Å². The third kappa shape index (κ3) is 3.81. The van der Waals surface area contributed by atoms with E-state index in [-0.39, 0.29) is 17.3 Å². The Balaban J connectivity index is 1.71. The van der Waals surface area contributed by atoms with Crippen molar-refractivity contribution in [1.82, 2.24) is 15.0 Å². The van der Waals surface area contributed by atoms with Crippen molar-refractivity contribution in [2.75, 3.05) is 19.1 Å². The third-order valence-corrected chi connectivity index (χ3v) is 6.29. The summed E-state index contributed by atoms with van der Waals surface area (Å²) in [5, 5.41) is 11.2. The van der Waals surface area contributed by atoms with Gasteiger partial charge in [-0.15, -0.1) is 0 Å². The first-order chi connectivity index (χ1) is 16.9. The van der Waals surface area contributed by atoms with Gasteiger partial charge in [0.1, 0.15) is 5.76 Å². The Bertz CT molecular complexity index is 1440. The van der Waals surface area contributed by atoms with E-state index in [1.54, 1.807) is 60.9 Å². The quantitative estimate of drug-likeness (QED) is 0.222. The number of Topliss-reactive ketones (excluding diaryl/α,β-unsaturated/α-hetero) is 1. The number of methoxy groups -OCH3 is 2.